The van der Waals surface area contributed by atoms with Crippen LogP contribution in [0.25, 0.3) is 0 Å². The fourth-order valence-electron chi connectivity index (χ4n) is 3.36. The molecule has 0 atom stereocenters. The van der Waals surface area contributed by atoms with E-state index in [2.05, 4.69) is 22.3 Å². The second-order valence-corrected chi connectivity index (χ2v) is 5.84. The fraction of sp³-hybridized carbons (Fsp3) is 0.600. The number of methoxy groups -OCH3 is 1. The molecule has 0 aliphatic carbocycles. The molecule has 19 heavy (non-hydrogen) atoms. The summed E-state index contributed by atoms with van der Waals surface area (Å²) in [5.74, 6) is 0.778. The van der Waals surface area contributed by atoms with Crippen LogP contribution < -0.4 is 20.7 Å². The number of hydrogen-bond acceptors (Lipinski definition) is 4. The molecule has 3 rings (SSSR count). The van der Waals surface area contributed by atoms with Gasteiger partial charge >= 0.3 is 0 Å². The smallest absolute Gasteiger partial charge is 0.143 e. The molecule has 2 fully saturated rings. The number of hydrogen-bond donors (Lipinski definition) is 2. The first-order valence-corrected chi connectivity index (χ1v) is 7.12. The van der Waals surface area contributed by atoms with Gasteiger partial charge in [-0.05, 0) is 43.4 Å². The molecule has 1 spiro atoms. The van der Waals surface area contributed by atoms with Gasteiger partial charge in [0.05, 0.1) is 12.8 Å². The third-order valence-corrected chi connectivity index (χ3v) is 4.74. The fourth-order valence-corrected chi connectivity index (χ4v) is 3.36. The summed E-state index contributed by atoms with van der Waals surface area (Å²) in [4.78, 5) is 2.45. The Balaban J connectivity index is 1.71. The Morgan fingerprint density at radius 3 is 2.68 bits per heavy atom. The van der Waals surface area contributed by atoms with Crippen LogP contribution in [-0.2, 0) is 0 Å². The Hall–Kier alpha value is -1.42. The zero-order valence-corrected chi connectivity index (χ0v) is 11.6. The molecule has 2 saturated heterocycles. The maximum absolute atomic E-state index is 5.87. The molecule has 0 aromatic heterocycles. The second kappa shape index (κ2) is 4.93. The summed E-state index contributed by atoms with van der Waals surface area (Å²) in [5, 5.41) is 3.51. The molecule has 0 bridgehead atoms. The number of nitrogens with two attached hydrogens (primary N) is 1. The zero-order valence-electron chi connectivity index (χ0n) is 11.6. The minimum atomic E-state index is 0.564. The van der Waals surface area contributed by atoms with Crippen molar-refractivity contribution in [3.63, 3.8) is 0 Å². The van der Waals surface area contributed by atoms with Crippen LogP contribution in [0.4, 0.5) is 11.4 Å². The van der Waals surface area contributed by atoms with Crippen LogP contribution in [0.2, 0.25) is 0 Å². The largest absolute Gasteiger partial charge is 0.495 e. The summed E-state index contributed by atoms with van der Waals surface area (Å²) in [5.41, 5.74) is 8.37. The Morgan fingerprint density at radius 1 is 1.26 bits per heavy atom. The average Bonchev–Trinajstić information content (AvgIpc) is 2.89. The van der Waals surface area contributed by atoms with Gasteiger partial charge in [0.25, 0.3) is 0 Å². The van der Waals surface area contributed by atoms with Gasteiger partial charge in [-0.3, -0.25) is 0 Å². The van der Waals surface area contributed by atoms with Gasteiger partial charge in [-0.15, -0.1) is 0 Å². The van der Waals surface area contributed by atoms with Crippen molar-refractivity contribution in [2.24, 2.45) is 5.41 Å². The van der Waals surface area contributed by atoms with Crippen LogP contribution in [0.5, 0.6) is 5.75 Å². The highest BCUT2D eigenvalue weighted by Gasteiger charge is 2.37. The zero-order chi connectivity index (χ0) is 13.3. The maximum Gasteiger partial charge on any atom is 0.143 e. The lowest BCUT2D eigenvalue weighted by Gasteiger charge is -2.40. The summed E-state index contributed by atoms with van der Waals surface area (Å²) < 4.78 is 5.31. The number of nitrogen functional groups attached to an aromatic ring is 1. The van der Waals surface area contributed by atoms with Gasteiger partial charge in [0.1, 0.15) is 5.75 Å². The molecule has 0 amide bonds. The van der Waals surface area contributed by atoms with Crippen LogP contribution in [0.1, 0.15) is 19.3 Å². The lowest BCUT2D eigenvalue weighted by atomic mass is 9.78. The van der Waals surface area contributed by atoms with Gasteiger partial charge in [0.2, 0.25) is 0 Å². The number of benzene rings is 1. The number of anilines is 2. The molecule has 0 saturated carbocycles. The molecule has 3 N–H and O–H groups in total. The molecule has 2 heterocycles. The van der Waals surface area contributed by atoms with Gasteiger partial charge in [0.15, 0.2) is 0 Å². The van der Waals surface area contributed by atoms with E-state index in [1.807, 2.05) is 6.07 Å². The standard InChI is InChI=1S/C15H23N3O/c1-19-14-10-12(2-3-13(14)16)18-8-5-15(6-9-18)4-7-17-11-15/h2-3,10,17H,4-9,11,16H2,1H3. The lowest BCUT2D eigenvalue weighted by Crippen LogP contribution is -2.41. The molecular weight excluding hydrogens is 238 g/mol. The molecule has 1 aromatic rings. The maximum atomic E-state index is 5.87. The first-order valence-electron chi connectivity index (χ1n) is 7.12. The van der Waals surface area contributed by atoms with E-state index in [1.54, 1.807) is 7.11 Å². The quantitative estimate of drug-likeness (QED) is 0.798. The number of rotatable bonds is 2. The van der Waals surface area contributed by atoms with Crippen molar-refractivity contribution in [1.29, 1.82) is 0 Å². The minimum absolute atomic E-state index is 0.564. The van der Waals surface area contributed by atoms with Gasteiger partial charge in [-0.25, -0.2) is 0 Å². The van der Waals surface area contributed by atoms with E-state index >= 15 is 0 Å². The van der Waals surface area contributed by atoms with Crippen molar-refractivity contribution in [3.05, 3.63) is 18.2 Å². The topological polar surface area (TPSA) is 50.5 Å². The molecule has 2 aliphatic heterocycles. The van der Waals surface area contributed by atoms with E-state index in [9.17, 15) is 0 Å². The summed E-state index contributed by atoms with van der Waals surface area (Å²) >= 11 is 0. The van der Waals surface area contributed by atoms with Gasteiger partial charge in [0, 0.05) is 31.4 Å². The van der Waals surface area contributed by atoms with Crippen molar-refractivity contribution in [2.45, 2.75) is 19.3 Å². The van der Waals surface area contributed by atoms with Gasteiger partial charge in [-0.2, -0.15) is 0 Å². The Bertz CT molecular complexity index is 445. The Kier molecular flexibility index (Phi) is 3.27. The van der Waals surface area contributed by atoms with E-state index in [1.165, 1.54) is 38.0 Å². The first-order chi connectivity index (χ1) is 9.22. The molecule has 1 aromatic carbocycles. The van der Waals surface area contributed by atoms with Crippen LogP contribution >= 0.6 is 0 Å². The Labute approximate surface area is 114 Å². The summed E-state index contributed by atoms with van der Waals surface area (Å²) in [6, 6.07) is 6.10. The SMILES string of the molecule is COc1cc(N2CCC3(CCNC3)CC2)ccc1N. The molecule has 0 unspecified atom stereocenters. The summed E-state index contributed by atoms with van der Waals surface area (Å²) in [6.07, 6.45) is 3.91. The van der Waals surface area contributed by atoms with Crippen molar-refractivity contribution < 1.29 is 4.74 Å². The summed E-state index contributed by atoms with van der Waals surface area (Å²) in [6.45, 7) is 4.66. The number of nitrogens with zero attached hydrogens (tertiary/aromatic N) is 1. The van der Waals surface area contributed by atoms with Crippen molar-refractivity contribution in [1.82, 2.24) is 5.32 Å². The third-order valence-electron chi connectivity index (χ3n) is 4.74. The van der Waals surface area contributed by atoms with E-state index < -0.39 is 0 Å². The predicted octanol–water partition coefficient (Wildman–Crippen LogP) is 1.86. The molecule has 2 aliphatic rings. The van der Waals surface area contributed by atoms with Crippen molar-refractivity contribution >= 4 is 11.4 Å². The van der Waals surface area contributed by atoms with E-state index in [-0.39, 0.29) is 0 Å². The van der Waals surface area contributed by atoms with Gasteiger partial charge < -0.3 is 20.7 Å². The highest BCUT2D eigenvalue weighted by atomic mass is 16.5. The lowest BCUT2D eigenvalue weighted by molar-refractivity contribution is 0.247. The van der Waals surface area contributed by atoms with Crippen LogP contribution in [0.15, 0.2) is 18.2 Å². The van der Waals surface area contributed by atoms with Crippen LogP contribution in [0.3, 0.4) is 0 Å². The molecule has 4 heteroatoms. The highest BCUT2D eigenvalue weighted by Crippen LogP contribution is 2.39. The van der Waals surface area contributed by atoms with Crippen molar-refractivity contribution in [3.8, 4) is 5.75 Å². The monoisotopic (exact) mass is 261 g/mol. The van der Waals surface area contributed by atoms with E-state index in [0.717, 1.165) is 18.8 Å². The van der Waals surface area contributed by atoms with Crippen LogP contribution in [-0.4, -0.2) is 33.3 Å². The molecular formula is C15H23N3O. The predicted molar refractivity (Wildman–Crippen MR) is 78.8 cm³/mol. The molecule has 0 radical (unpaired) electrons. The average molecular weight is 261 g/mol. The highest BCUT2D eigenvalue weighted by molar-refractivity contribution is 5.62. The third kappa shape index (κ3) is 2.37. The van der Waals surface area contributed by atoms with Crippen LogP contribution in [0, 0.1) is 5.41 Å². The van der Waals surface area contributed by atoms with Crippen molar-refractivity contribution in [2.75, 3.05) is 43.9 Å². The normalized spacial score (nSPS) is 21.8. The van der Waals surface area contributed by atoms with Gasteiger partial charge in [-0.1, -0.05) is 0 Å². The minimum Gasteiger partial charge on any atom is -0.495 e. The molecule has 4 nitrogen and oxygen atoms in total. The Morgan fingerprint density at radius 2 is 2.05 bits per heavy atom. The number of nitrogens with one attached hydrogen (secondary N) is 1. The van der Waals surface area contributed by atoms with E-state index in [4.69, 9.17) is 10.5 Å². The summed E-state index contributed by atoms with van der Waals surface area (Å²) in [7, 11) is 1.67. The number of piperidine rings is 1. The number of ether oxygens (including phenoxy) is 1. The van der Waals surface area contributed by atoms with E-state index in [0.29, 0.717) is 11.1 Å². The molecule has 104 valence electrons. The second-order valence-electron chi connectivity index (χ2n) is 5.84. The first kappa shape index (κ1) is 12.6.